The van der Waals surface area contributed by atoms with Crippen LogP contribution in [-0.4, -0.2) is 18.3 Å². The molecule has 3 nitrogen and oxygen atoms in total. The maximum atomic E-state index is 11.7. The summed E-state index contributed by atoms with van der Waals surface area (Å²) in [7, 11) is 0. The van der Waals surface area contributed by atoms with Gasteiger partial charge in [0.25, 0.3) is 0 Å². The molecular weight excluding hydrogens is 238 g/mol. The quantitative estimate of drug-likeness (QED) is 0.577. The summed E-state index contributed by atoms with van der Waals surface area (Å²) in [6.07, 6.45) is 0.587. The Kier molecular flexibility index (Phi) is 5.51. The summed E-state index contributed by atoms with van der Waals surface area (Å²) in [5, 5.41) is 8.69. The van der Waals surface area contributed by atoms with E-state index in [4.69, 9.17) is 21.6 Å². The fraction of sp³-hybridized carbons (Fsp3) is 0.385. The third-order valence-electron chi connectivity index (χ3n) is 2.28. The molecule has 0 heterocycles. The van der Waals surface area contributed by atoms with Crippen LogP contribution in [0.5, 0.6) is 5.75 Å². The Balaban J connectivity index is 3.00. The van der Waals surface area contributed by atoms with Crippen molar-refractivity contribution < 1.29 is 9.53 Å². The number of nitrogens with zero attached hydrogens (tertiary/aromatic N) is 1. The average Bonchev–Trinajstić information content (AvgIpc) is 2.32. The fourth-order valence-corrected chi connectivity index (χ4v) is 1.65. The molecule has 0 saturated heterocycles. The van der Waals surface area contributed by atoms with Crippen molar-refractivity contribution in [2.45, 2.75) is 19.8 Å². The highest BCUT2D eigenvalue weighted by Crippen LogP contribution is 2.22. The van der Waals surface area contributed by atoms with E-state index >= 15 is 0 Å². The molecule has 4 heteroatoms. The number of halogens is 1. The smallest absolute Gasteiger partial charge is 0.164 e. The molecule has 0 aromatic heterocycles. The van der Waals surface area contributed by atoms with Gasteiger partial charge in [0.1, 0.15) is 5.75 Å². The van der Waals surface area contributed by atoms with Crippen LogP contribution < -0.4 is 4.74 Å². The Morgan fingerprint density at radius 1 is 1.53 bits per heavy atom. The molecule has 0 bridgehead atoms. The van der Waals surface area contributed by atoms with E-state index in [2.05, 4.69) is 6.07 Å². The van der Waals surface area contributed by atoms with Crippen molar-refractivity contribution >= 4 is 17.4 Å². The Bertz CT molecular complexity index is 438. The highest BCUT2D eigenvalue weighted by atomic mass is 35.5. The molecule has 0 amide bonds. The van der Waals surface area contributed by atoms with Gasteiger partial charge in [-0.05, 0) is 13.0 Å². The lowest BCUT2D eigenvalue weighted by Gasteiger charge is -2.09. The Labute approximate surface area is 106 Å². The monoisotopic (exact) mass is 251 g/mol. The summed E-state index contributed by atoms with van der Waals surface area (Å²) in [6, 6.07) is 7.23. The number of alkyl halides is 1. The number of hydrogen-bond donors (Lipinski definition) is 0. The van der Waals surface area contributed by atoms with E-state index in [1.807, 2.05) is 6.92 Å². The first kappa shape index (κ1) is 13.5. The van der Waals surface area contributed by atoms with Crippen LogP contribution in [0.2, 0.25) is 0 Å². The second-order valence-electron chi connectivity index (χ2n) is 3.45. The van der Waals surface area contributed by atoms with Crippen molar-refractivity contribution in [3.63, 3.8) is 0 Å². The molecule has 0 atom stereocenters. The molecule has 0 radical (unpaired) electrons. The van der Waals surface area contributed by atoms with Crippen LogP contribution in [0.4, 0.5) is 0 Å². The van der Waals surface area contributed by atoms with E-state index in [1.54, 1.807) is 18.2 Å². The zero-order valence-electron chi connectivity index (χ0n) is 9.70. The lowest BCUT2D eigenvalue weighted by atomic mass is 10.0. The van der Waals surface area contributed by atoms with Gasteiger partial charge in [-0.3, -0.25) is 4.79 Å². The Morgan fingerprint density at radius 2 is 2.29 bits per heavy atom. The summed E-state index contributed by atoms with van der Waals surface area (Å²) in [6.45, 7) is 2.37. The van der Waals surface area contributed by atoms with Gasteiger partial charge in [0.05, 0.1) is 19.1 Å². The number of hydrogen-bond acceptors (Lipinski definition) is 3. The number of carbonyl (C=O) groups excluding carboxylic acids is 1. The largest absolute Gasteiger partial charge is 0.494 e. The van der Waals surface area contributed by atoms with Crippen LogP contribution in [0.1, 0.15) is 29.3 Å². The minimum atomic E-state index is -0.00976. The molecule has 1 aromatic carbocycles. The summed E-state index contributed by atoms with van der Waals surface area (Å²) >= 11 is 5.53. The average molecular weight is 252 g/mol. The van der Waals surface area contributed by atoms with Gasteiger partial charge in [-0.2, -0.15) is 5.26 Å². The number of rotatable bonds is 6. The minimum Gasteiger partial charge on any atom is -0.494 e. The first-order valence-corrected chi connectivity index (χ1v) is 5.98. The maximum Gasteiger partial charge on any atom is 0.164 e. The van der Waals surface area contributed by atoms with Gasteiger partial charge in [0, 0.05) is 23.4 Å². The SMILES string of the molecule is CCOc1cc(C(=O)CCCl)ccc1CC#N. The summed E-state index contributed by atoms with van der Waals surface area (Å²) < 4.78 is 5.42. The minimum absolute atomic E-state index is 0.00976. The van der Waals surface area contributed by atoms with Gasteiger partial charge in [0.2, 0.25) is 0 Å². The molecule has 0 unspecified atom stereocenters. The van der Waals surface area contributed by atoms with Gasteiger partial charge in [-0.1, -0.05) is 12.1 Å². The predicted molar refractivity (Wildman–Crippen MR) is 66.6 cm³/mol. The van der Waals surface area contributed by atoms with Crippen molar-refractivity contribution in [3.8, 4) is 11.8 Å². The van der Waals surface area contributed by atoms with Crippen LogP contribution in [0.3, 0.4) is 0 Å². The molecule has 90 valence electrons. The molecule has 0 fully saturated rings. The Morgan fingerprint density at radius 3 is 2.88 bits per heavy atom. The van der Waals surface area contributed by atoms with Gasteiger partial charge in [0.15, 0.2) is 5.78 Å². The van der Waals surface area contributed by atoms with Crippen LogP contribution in [0.25, 0.3) is 0 Å². The van der Waals surface area contributed by atoms with E-state index in [0.717, 1.165) is 5.56 Å². The van der Waals surface area contributed by atoms with Crippen LogP contribution >= 0.6 is 11.6 Å². The lowest BCUT2D eigenvalue weighted by molar-refractivity contribution is 0.0988. The molecule has 17 heavy (non-hydrogen) atoms. The normalized spacial score (nSPS) is 9.71. The number of ether oxygens (including phenoxy) is 1. The molecule has 0 aliphatic carbocycles. The van der Waals surface area contributed by atoms with Crippen molar-refractivity contribution in [1.82, 2.24) is 0 Å². The maximum absolute atomic E-state index is 11.7. The number of carbonyl (C=O) groups is 1. The number of Topliss-reactive ketones (excluding diaryl/α,β-unsaturated/α-hetero) is 1. The molecule has 0 aliphatic heterocycles. The first-order chi connectivity index (χ1) is 8.22. The van der Waals surface area contributed by atoms with Crippen molar-refractivity contribution in [2.75, 3.05) is 12.5 Å². The number of nitriles is 1. The zero-order chi connectivity index (χ0) is 12.7. The van der Waals surface area contributed by atoms with Crippen molar-refractivity contribution in [3.05, 3.63) is 29.3 Å². The topological polar surface area (TPSA) is 50.1 Å². The van der Waals surface area contributed by atoms with E-state index in [-0.39, 0.29) is 12.2 Å². The van der Waals surface area contributed by atoms with Crippen LogP contribution in [-0.2, 0) is 6.42 Å². The zero-order valence-corrected chi connectivity index (χ0v) is 10.5. The molecule has 1 rings (SSSR count). The van der Waals surface area contributed by atoms with E-state index in [1.165, 1.54) is 0 Å². The second kappa shape index (κ2) is 6.93. The van der Waals surface area contributed by atoms with Crippen LogP contribution in [0, 0.1) is 11.3 Å². The van der Waals surface area contributed by atoms with Crippen molar-refractivity contribution in [2.24, 2.45) is 0 Å². The van der Waals surface area contributed by atoms with Gasteiger partial charge >= 0.3 is 0 Å². The van der Waals surface area contributed by atoms with E-state index in [0.29, 0.717) is 30.2 Å². The third kappa shape index (κ3) is 3.76. The highest BCUT2D eigenvalue weighted by Gasteiger charge is 2.10. The Hall–Kier alpha value is -1.53. The van der Waals surface area contributed by atoms with Gasteiger partial charge in [-0.25, -0.2) is 0 Å². The standard InChI is InChI=1S/C13H14ClNO2/c1-2-17-13-9-11(12(16)5-7-14)4-3-10(13)6-8-15/h3-4,9H,2,5-7H2,1H3. The number of ketones is 1. The van der Waals surface area contributed by atoms with E-state index in [9.17, 15) is 4.79 Å². The molecule has 0 N–H and O–H groups in total. The highest BCUT2D eigenvalue weighted by molar-refractivity contribution is 6.19. The summed E-state index contributed by atoms with van der Waals surface area (Å²) in [4.78, 5) is 11.7. The molecule has 0 saturated carbocycles. The van der Waals surface area contributed by atoms with Gasteiger partial charge < -0.3 is 4.74 Å². The van der Waals surface area contributed by atoms with Gasteiger partial charge in [-0.15, -0.1) is 11.6 Å². The lowest BCUT2D eigenvalue weighted by Crippen LogP contribution is -2.03. The van der Waals surface area contributed by atoms with Crippen LogP contribution in [0.15, 0.2) is 18.2 Å². The summed E-state index contributed by atoms with van der Waals surface area (Å²) in [5.41, 5.74) is 1.38. The van der Waals surface area contributed by atoms with Crippen molar-refractivity contribution in [1.29, 1.82) is 5.26 Å². The van der Waals surface area contributed by atoms with E-state index < -0.39 is 0 Å². The number of benzene rings is 1. The summed E-state index contributed by atoms with van der Waals surface area (Å²) in [5.74, 6) is 0.905. The molecular formula is C13H14ClNO2. The predicted octanol–water partition coefficient (Wildman–Crippen LogP) is 2.96. The second-order valence-corrected chi connectivity index (χ2v) is 3.83. The third-order valence-corrected chi connectivity index (χ3v) is 2.47. The molecule has 1 aromatic rings. The fourth-order valence-electron chi connectivity index (χ4n) is 1.48. The first-order valence-electron chi connectivity index (χ1n) is 5.44. The molecule has 0 spiro atoms. The molecule has 0 aliphatic rings.